The average Bonchev–Trinajstić information content (AvgIpc) is 2.99. The van der Waals surface area contributed by atoms with Gasteiger partial charge in [0.25, 0.3) is 0 Å². The Balaban J connectivity index is 2.24. The number of aromatic nitrogens is 3. The molecular formula is C17H13N3. The number of H-pyrrole nitrogens is 2. The van der Waals surface area contributed by atoms with Crippen LogP contribution in [0.4, 0.5) is 0 Å². The molecule has 0 unspecified atom stereocenters. The van der Waals surface area contributed by atoms with Crippen molar-refractivity contribution in [1.29, 1.82) is 0 Å². The summed E-state index contributed by atoms with van der Waals surface area (Å²) < 4.78 is 0. The van der Waals surface area contributed by atoms with Crippen LogP contribution in [0.5, 0.6) is 0 Å². The number of hydrogen-bond acceptors (Lipinski definition) is 1. The molecule has 0 saturated heterocycles. The molecule has 0 bridgehead atoms. The highest BCUT2D eigenvalue weighted by Crippen LogP contribution is 2.31. The van der Waals surface area contributed by atoms with E-state index >= 15 is 0 Å². The molecule has 0 spiro atoms. The lowest BCUT2D eigenvalue weighted by atomic mass is 10.1. The number of para-hydroxylation sites is 1. The summed E-state index contributed by atoms with van der Waals surface area (Å²) >= 11 is 0. The van der Waals surface area contributed by atoms with Gasteiger partial charge in [0.1, 0.15) is 5.65 Å². The van der Waals surface area contributed by atoms with Crippen molar-refractivity contribution in [3.63, 3.8) is 0 Å². The molecule has 0 saturated carbocycles. The minimum atomic E-state index is 1.05. The van der Waals surface area contributed by atoms with Gasteiger partial charge in [-0.25, -0.2) is 0 Å². The monoisotopic (exact) mass is 259 g/mol. The average molecular weight is 259 g/mol. The number of benzene rings is 1. The molecular weight excluding hydrogens is 246 g/mol. The van der Waals surface area contributed by atoms with Crippen LogP contribution in [0.1, 0.15) is 0 Å². The molecule has 0 radical (unpaired) electrons. The molecule has 0 fully saturated rings. The number of nitrogens with zero attached hydrogens (tertiary/aromatic N) is 1. The molecule has 4 aromatic rings. The third kappa shape index (κ3) is 1.64. The molecule has 2 N–H and O–H groups in total. The van der Waals surface area contributed by atoms with Crippen LogP contribution in [-0.2, 0) is 0 Å². The summed E-state index contributed by atoms with van der Waals surface area (Å²) in [6, 6.07) is 18.4. The van der Waals surface area contributed by atoms with Crippen molar-refractivity contribution >= 4 is 32.8 Å². The van der Waals surface area contributed by atoms with E-state index in [0.717, 1.165) is 16.7 Å². The molecule has 1 aromatic carbocycles. The van der Waals surface area contributed by atoms with E-state index in [-0.39, 0.29) is 0 Å². The smallest absolute Gasteiger partial charge is 0.116 e. The lowest BCUT2D eigenvalue weighted by molar-refractivity contribution is 1.35. The first-order chi connectivity index (χ1) is 9.93. The summed E-state index contributed by atoms with van der Waals surface area (Å²) in [5, 5.41) is 3.66. The zero-order chi connectivity index (χ0) is 13.4. The van der Waals surface area contributed by atoms with E-state index in [1.807, 2.05) is 30.3 Å². The van der Waals surface area contributed by atoms with Crippen LogP contribution in [0, 0.1) is 0 Å². The van der Waals surface area contributed by atoms with Gasteiger partial charge in [-0.15, -0.1) is 0 Å². The van der Waals surface area contributed by atoms with Gasteiger partial charge in [-0.1, -0.05) is 36.4 Å². The summed E-state index contributed by atoms with van der Waals surface area (Å²) in [6.45, 7) is 0. The Morgan fingerprint density at radius 2 is 1.35 bits per heavy atom. The molecule has 96 valence electrons. The van der Waals surface area contributed by atoms with Crippen LogP contribution < -0.4 is 0 Å². The maximum absolute atomic E-state index is 4.19. The lowest BCUT2D eigenvalue weighted by Gasteiger charge is -1.89. The maximum atomic E-state index is 4.19. The van der Waals surface area contributed by atoms with Gasteiger partial charge in [0.2, 0.25) is 0 Å². The Labute approximate surface area is 115 Å². The molecule has 20 heavy (non-hydrogen) atoms. The SMILES string of the molecule is c1ccnccc2[nH]c3[nH]c4ccccc4c3c2cc1. The fourth-order valence-corrected chi connectivity index (χ4v) is 2.64. The van der Waals surface area contributed by atoms with Gasteiger partial charge in [0.05, 0.1) is 0 Å². The van der Waals surface area contributed by atoms with Crippen molar-refractivity contribution in [2.75, 3.05) is 0 Å². The highest BCUT2D eigenvalue weighted by atomic mass is 14.9. The van der Waals surface area contributed by atoms with Crippen molar-refractivity contribution in [2.45, 2.75) is 0 Å². The zero-order valence-electron chi connectivity index (χ0n) is 10.8. The molecule has 3 nitrogen and oxygen atoms in total. The van der Waals surface area contributed by atoms with Crippen LogP contribution >= 0.6 is 0 Å². The Hall–Kier alpha value is -2.81. The van der Waals surface area contributed by atoms with Gasteiger partial charge in [-0.05, 0) is 18.2 Å². The summed E-state index contributed by atoms with van der Waals surface area (Å²) in [4.78, 5) is 11.0. The van der Waals surface area contributed by atoms with Crippen molar-refractivity contribution in [3.05, 3.63) is 67.0 Å². The number of hydrogen-bond donors (Lipinski definition) is 2. The van der Waals surface area contributed by atoms with E-state index in [2.05, 4.69) is 39.2 Å². The Morgan fingerprint density at radius 1 is 0.650 bits per heavy atom. The fourth-order valence-electron chi connectivity index (χ4n) is 2.64. The van der Waals surface area contributed by atoms with E-state index in [9.17, 15) is 0 Å². The molecule has 4 rings (SSSR count). The van der Waals surface area contributed by atoms with Crippen molar-refractivity contribution in [2.24, 2.45) is 0 Å². The van der Waals surface area contributed by atoms with Crippen molar-refractivity contribution in [3.8, 4) is 0 Å². The number of aromatic amines is 2. The Bertz CT molecular complexity index is 961. The normalized spacial score (nSPS) is 11.0. The number of nitrogens with one attached hydrogen (secondary N) is 2. The van der Waals surface area contributed by atoms with E-state index in [1.54, 1.807) is 12.4 Å². The van der Waals surface area contributed by atoms with Crippen LogP contribution in [0.25, 0.3) is 32.8 Å². The van der Waals surface area contributed by atoms with E-state index in [0.29, 0.717) is 0 Å². The molecule has 0 amide bonds. The van der Waals surface area contributed by atoms with Crippen molar-refractivity contribution in [1.82, 2.24) is 15.0 Å². The minimum Gasteiger partial charge on any atom is -0.341 e. The second-order valence-electron chi connectivity index (χ2n) is 4.73. The highest BCUT2D eigenvalue weighted by molar-refractivity contribution is 6.19. The summed E-state index contributed by atoms with van der Waals surface area (Å²) in [7, 11) is 0. The van der Waals surface area contributed by atoms with E-state index < -0.39 is 0 Å². The first-order valence-electron chi connectivity index (χ1n) is 6.59. The maximum Gasteiger partial charge on any atom is 0.116 e. The van der Waals surface area contributed by atoms with Gasteiger partial charge in [-0.2, -0.15) is 0 Å². The third-order valence-electron chi connectivity index (χ3n) is 3.51. The largest absolute Gasteiger partial charge is 0.341 e. The van der Waals surface area contributed by atoms with Crippen molar-refractivity contribution < 1.29 is 0 Å². The molecule has 3 aromatic heterocycles. The topological polar surface area (TPSA) is 44.5 Å². The predicted molar refractivity (Wildman–Crippen MR) is 83.1 cm³/mol. The second kappa shape index (κ2) is 4.38. The molecule has 3 heteroatoms. The van der Waals surface area contributed by atoms with Gasteiger partial charge < -0.3 is 9.97 Å². The number of fused-ring (bicyclic) bond motifs is 5. The first kappa shape index (κ1) is 11.1. The standard InChI is InChI=1S/C17H13N3/c1-2-6-13-15(9-11-18-10-5-1)20-17-16(13)12-7-3-4-8-14(12)19-17/h1-11,19-20H. The third-order valence-corrected chi connectivity index (χ3v) is 3.51. The Kier molecular flexibility index (Phi) is 2.42. The van der Waals surface area contributed by atoms with Crippen LogP contribution in [0.15, 0.2) is 67.0 Å². The predicted octanol–water partition coefficient (Wildman–Crippen LogP) is 4.32. The summed E-state index contributed by atoms with van der Waals surface area (Å²) in [6.07, 6.45) is 3.58. The number of rotatable bonds is 0. The molecule has 0 aliphatic rings. The van der Waals surface area contributed by atoms with E-state index in [1.165, 1.54) is 16.2 Å². The zero-order valence-corrected chi connectivity index (χ0v) is 10.8. The summed E-state index contributed by atoms with van der Waals surface area (Å²) in [5.41, 5.74) is 3.28. The highest BCUT2D eigenvalue weighted by Gasteiger charge is 2.08. The molecule has 3 heterocycles. The van der Waals surface area contributed by atoms with Gasteiger partial charge in [-0.3, -0.25) is 4.98 Å². The van der Waals surface area contributed by atoms with Gasteiger partial charge >= 0.3 is 0 Å². The van der Waals surface area contributed by atoms with Crippen LogP contribution in [0.2, 0.25) is 0 Å². The molecule has 0 aliphatic carbocycles. The molecule has 0 aliphatic heterocycles. The lowest BCUT2D eigenvalue weighted by Crippen LogP contribution is -1.69. The summed E-state index contributed by atoms with van der Waals surface area (Å²) in [5.74, 6) is 0. The second-order valence-corrected chi connectivity index (χ2v) is 4.73. The Morgan fingerprint density at radius 3 is 2.20 bits per heavy atom. The minimum absolute atomic E-state index is 1.05. The van der Waals surface area contributed by atoms with Crippen LogP contribution in [0.3, 0.4) is 0 Å². The fraction of sp³-hybridized carbons (Fsp3) is 0. The van der Waals surface area contributed by atoms with Gasteiger partial charge in [0, 0.05) is 39.6 Å². The quantitative estimate of drug-likeness (QED) is 0.485. The van der Waals surface area contributed by atoms with Gasteiger partial charge in [0.15, 0.2) is 0 Å². The van der Waals surface area contributed by atoms with E-state index in [4.69, 9.17) is 0 Å². The molecule has 0 atom stereocenters. The van der Waals surface area contributed by atoms with Crippen LogP contribution in [-0.4, -0.2) is 15.0 Å². The first-order valence-corrected chi connectivity index (χ1v) is 6.59.